The number of hydrogen-bond acceptors (Lipinski definition) is 10. The van der Waals surface area contributed by atoms with Crippen LogP contribution in [0.2, 0.25) is 5.02 Å². The highest BCUT2D eigenvalue weighted by Crippen LogP contribution is 2.50. The molecule has 2 heterocycles. The third kappa shape index (κ3) is 9.00. The van der Waals surface area contributed by atoms with Gasteiger partial charge in [0.1, 0.15) is 47.1 Å². The van der Waals surface area contributed by atoms with Crippen LogP contribution in [0, 0.1) is 0 Å². The van der Waals surface area contributed by atoms with Gasteiger partial charge in [0.15, 0.2) is 0 Å². The fraction of sp³-hybridized carbons (Fsp3) is 0.186. The summed E-state index contributed by atoms with van der Waals surface area (Å²) in [6.45, 7) is -0.215. The SMILES string of the molecule is COc1ccc(C(OC[C@H]2O[C@@H](n3ccc(NC(=O)c4ccccc4)nc3=O)C[C@@H]2OP(=O)(O)Oc2ccccc2Cl)(c2ccccc2)c2ccc(OC)cc2)cc1. The molecule has 1 saturated heterocycles. The van der Waals surface area contributed by atoms with Gasteiger partial charge >= 0.3 is 13.5 Å². The number of phosphoric acid groups is 1. The predicted octanol–water partition coefficient (Wildman–Crippen LogP) is 8.03. The van der Waals surface area contributed by atoms with Crippen LogP contribution in [0.4, 0.5) is 5.82 Å². The summed E-state index contributed by atoms with van der Waals surface area (Å²) in [5.74, 6) is 0.797. The Balaban J connectivity index is 1.24. The average Bonchev–Trinajstić information content (AvgIpc) is 3.63. The summed E-state index contributed by atoms with van der Waals surface area (Å²) >= 11 is 6.24. The third-order valence-electron chi connectivity index (χ3n) is 9.55. The molecule has 2 N–H and O–H groups in total. The minimum absolute atomic E-state index is 0.0282. The van der Waals surface area contributed by atoms with Crippen molar-refractivity contribution in [2.24, 2.45) is 0 Å². The highest BCUT2D eigenvalue weighted by Gasteiger charge is 2.46. The molecule has 4 atom stereocenters. The van der Waals surface area contributed by atoms with Crippen LogP contribution in [0.5, 0.6) is 17.2 Å². The Morgan fingerprint density at radius 3 is 2.00 bits per heavy atom. The molecular weight excluding hydrogens is 785 g/mol. The molecule has 1 aromatic heterocycles. The molecule has 5 aromatic carbocycles. The number of nitrogens with one attached hydrogen (secondary N) is 1. The number of ether oxygens (including phenoxy) is 4. The summed E-state index contributed by atoms with van der Waals surface area (Å²) in [5.41, 5.74) is 0.602. The summed E-state index contributed by atoms with van der Waals surface area (Å²) < 4.78 is 50.5. The molecule has 6 aromatic rings. The van der Waals surface area contributed by atoms with Crippen LogP contribution in [0.1, 0.15) is 39.7 Å². The van der Waals surface area contributed by atoms with Crippen LogP contribution in [-0.4, -0.2) is 53.4 Å². The van der Waals surface area contributed by atoms with Gasteiger partial charge in [0.05, 0.1) is 25.8 Å². The van der Waals surface area contributed by atoms with E-state index in [2.05, 4.69) is 10.3 Å². The van der Waals surface area contributed by atoms with E-state index in [4.69, 9.17) is 39.6 Å². The Bertz CT molecular complexity index is 2390. The Kier molecular flexibility index (Phi) is 12.4. The van der Waals surface area contributed by atoms with E-state index in [0.717, 1.165) is 16.7 Å². The maximum atomic E-state index is 13.6. The summed E-state index contributed by atoms with van der Waals surface area (Å²) in [6, 6.07) is 40.6. The number of benzene rings is 5. The number of carbonyl (C=O) groups is 1. The minimum Gasteiger partial charge on any atom is -0.497 e. The number of methoxy groups -OCH3 is 2. The zero-order chi connectivity index (χ0) is 40.7. The van der Waals surface area contributed by atoms with E-state index in [1.54, 1.807) is 56.7 Å². The number of amides is 1. The molecule has 1 amide bonds. The minimum atomic E-state index is -4.87. The Hall–Kier alpha value is -5.79. The van der Waals surface area contributed by atoms with E-state index in [0.29, 0.717) is 17.1 Å². The van der Waals surface area contributed by atoms with E-state index in [1.165, 1.54) is 29.0 Å². The standard InChI is InChI=1S/C43H39ClN3O10P/c1-52-33-21-17-31(18-22-33)43(30-13-7-4-8-14-30,32-19-23-34(53-2)24-20-32)54-28-38-37(57-58(50,51)56-36-16-10-9-15-35(36)44)27-40(55-38)47-26-25-39(46-42(47)49)45-41(48)29-11-5-3-6-12-29/h3-26,37-38,40H,27-28H2,1-2H3,(H,50,51)(H,45,46,48,49)/t37-,38+,40+/m0/s1. The molecule has 0 aliphatic carbocycles. The molecule has 298 valence electrons. The molecule has 1 aliphatic heterocycles. The molecule has 0 spiro atoms. The quantitative estimate of drug-likeness (QED) is 0.0764. The van der Waals surface area contributed by atoms with Crippen LogP contribution < -0.4 is 25.0 Å². The van der Waals surface area contributed by atoms with Gasteiger partial charge in [-0.05, 0) is 71.3 Å². The van der Waals surface area contributed by atoms with E-state index in [-0.39, 0.29) is 29.6 Å². The van der Waals surface area contributed by atoms with Crippen LogP contribution in [0.15, 0.2) is 151 Å². The summed E-state index contributed by atoms with van der Waals surface area (Å²) in [6.07, 6.45) is -1.92. The second-order valence-electron chi connectivity index (χ2n) is 13.1. The second kappa shape index (κ2) is 17.8. The van der Waals surface area contributed by atoms with Gasteiger partial charge in [0, 0.05) is 18.2 Å². The zero-order valence-corrected chi connectivity index (χ0v) is 33.0. The van der Waals surface area contributed by atoms with Gasteiger partial charge in [-0.25, -0.2) is 9.36 Å². The lowest BCUT2D eigenvalue weighted by molar-refractivity contribution is -0.0932. The number of halogens is 1. The topological polar surface area (TPSA) is 157 Å². The van der Waals surface area contributed by atoms with Crippen LogP contribution in [0.25, 0.3) is 0 Å². The molecule has 0 bridgehead atoms. The summed E-state index contributed by atoms with van der Waals surface area (Å²) in [4.78, 5) is 41.4. The van der Waals surface area contributed by atoms with Crippen LogP contribution in [-0.2, 0) is 24.2 Å². The first-order valence-electron chi connectivity index (χ1n) is 18.1. The number of nitrogens with zero attached hydrogens (tertiary/aromatic N) is 2. The number of phosphoric ester groups is 1. The lowest BCUT2D eigenvalue weighted by Gasteiger charge is -2.37. The molecule has 1 aliphatic rings. The molecule has 13 nitrogen and oxygen atoms in total. The molecule has 7 rings (SSSR count). The first-order valence-corrected chi connectivity index (χ1v) is 20.0. The fourth-order valence-electron chi connectivity index (χ4n) is 6.73. The Morgan fingerprint density at radius 1 is 0.845 bits per heavy atom. The van der Waals surface area contributed by atoms with Crippen LogP contribution in [0.3, 0.4) is 0 Å². The molecule has 15 heteroatoms. The molecule has 0 saturated carbocycles. The van der Waals surface area contributed by atoms with Crippen molar-refractivity contribution in [3.05, 3.63) is 183 Å². The monoisotopic (exact) mass is 823 g/mol. The van der Waals surface area contributed by atoms with Gasteiger partial charge in [0.2, 0.25) is 0 Å². The van der Waals surface area contributed by atoms with Gasteiger partial charge in [-0.1, -0.05) is 96.5 Å². The summed E-state index contributed by atoms with van der Waals surface area (Å²) in [7, 11) is -1.70. The van der Waals surface area contributed by atoms with Crippen molar-refractivity contribution in [1.29, 1.82) is 0 Å². The maximum absolute atomic E-state index is 13.6. The Labute approximate surface area is 339 Å². The van der Waals surface area contributed by atoms with Crippen molar-refractivity contribution in [2.75, 3.05) is 26.1 Å². The number of carbonyl (C=O) groups excluding carboxylic acids is 1. The van der Waals surface area contributed by atoms with Crippen molar-refractivity contribution in [2.45, 2.75) is 30.5 Å². The van der Waals surface area contributed by atoms with Gasteiger partial charge < -0.3 is 28.8 Å². The highest BCUT2D eigenvalue weighted by molar-refractivity contribution is 7.47. The van der Waals surface area contributed by atoms with Gasteiger partial charge in [-0.3, -0.25) is 18.8 Å². The molecular formula is C43H39ClN3O10P. The van der Waals surface area contributed by atoms with Crippen molar-refractivity contribution >= 4 is 31.1 Å². The zero-order valence-electron chi connectivity index (χ0n) is 31.3. The molecule has 1 unspecified atom stereocenters. The van der Waals surface area contributed by atoms with E-state index in [9.17, 15) is 19.0 Å². The third-order valence-corrected chi connectivity index (χ3v) is 10.8. The van der Waals surface area contributed by atoms with Gasteiger partial charge in [-0.2, -0.15) is 4.98 Å². The lowest BCUT2D eigenvalue weighted by atomic mass is 9.80. The molecule has 0 radical (unpaired) electrons. The number of anilines is 1. The van der Waals surface area contributed by atoms with E-state index >= 15 is 0 Å². The number of rotatable bonds is 15. The highest BCUT2D eigenvalue weighted by atomic mass is 35.5. The summed E-state index contributed by atoms with van der Waals surface area (Å²) in [5, 5.41) is 2.73. The fourth-order valence-corrected chi connectivity index (χ4v) is 7.97. The van der Waals surface area contributed by atoms with Gasteiger partial charge in [-0.15, -0.1) is 0 Å². The number of para-hydroxylation sites is 1. The lowest BCUT2D eigenvalue weighted by Crippen LogP contribution is -2.38. The molecule has 1 fully saturated rings. The Morgan fingerprint density at radius 2 is 1.41 bits per heavy atom. The second-order valence-corrected chi connectivity index (χ2v) is 14.9. The van der Waals surface area contributed by atoms with E-state index in [1.807, 2.05) is 78.9 Å². The normalized spacial score (nSPS) is 17.6. The smallest absolute Gasteiger partial charge is 0.497 e. The van der Waals surface area contributed by atoms with Gasteiger partial charge in [0.25, 0.3) is 5.91 Å². The van der Waals surface area contributed by atoms with Crippen molar-refractivity contribution in [3.8, 4) is 17.2 Å². The van der Waals surface area contributed by atoms with Crippen molar-refractivity contribution in [1.82, 2.24) is 9.55 Å². The number of hydrogen-bond donors (Lipinski definition) is 2. The largest absolute Gasteiger partial charge is 0.527 e. The van der Waals surface area contributed by atoms with E-state index < -0.39 is 43.5 Å². The van der Waals surface area contributed by atoms with Crippen LogP contribution >= 0.6 is 19.4 Å². The molecule has 58 heavy (non-hydrogen) atoms. The first-order chi connectivity index (χ1) is 28.1. The average molecular weight is 824 g/mol. The van der Waals surface area contributed by atoms with Crippen molar-refractivity contribution in [3.63, 3.8) is 0 Å². The maximum Gasteiger partial charge on any atom is 0.527 e. The van der Waals surface area contributed by atoms with Crippen molar-refractivity contribution < 1.29 is 42.2 Å². The first kappa shape index (κ1) is 40.4. The predicted molar refractivity (Wildman–Crippen MR) is 216 cm³/mol. The number of aromatic nitrogens is 2.